The summed E-state index contributed by atoms with van der Waals surface area (Å²) in [5, 5.41) is 22.1. The first-order valence-electron chi connectivity index (χ1n) is 5.64. The van der Waals surface area contributed by atoms with Crippen LogP contribution in [0, 0.1) is 0 Å². The summed E-state index contributed by atoms with van der Waals surface area (Å²) in [6.45, 7) is -0.111. The lowest BCUT2D eigenvalue weighted by molar-refractivity contribution is -0.138. The number of aliphatic carboxylic acids is 1. The zero-order chi connectivity index (χ0) is 14.7. The third-order valence-corrected chi connectivity index (χ3v) is 4.11. The minimum absolute atomic E-state index is 0.111. The molecule has 0 bridgehead atoms. The van der Waals surface area contributed by atoms with Gasteiger partial charge in [-0.3, -0.25) is 0 Å². The van der Waals surface area contributed by atoms with E-state index >= 15 is 0 Å². The van der Waals surface area contributed by atoms with Crippen LogP contribution in [0.5, 0.6) is 0 Å². The number of carbonyl (C=O) groups is 1. The molecule has 1 atom stereocenters. The van der Waals surface area contributed by atoms with Crippen LogP contribution >= 0.6 is 34.5 Å². The molecule has 7 heteroatoms. The first-order chi connectivity index (χ1) is 9.49. The Bertz CT molecular complexity index is 610. The van der Waals surface area contributed by atoms with Crippen molar-refractivity contribution in [3.05, 3.63) is 50.1 Å². The number of hydrogen-bond acceptors (Lipinski definition) is 4. The Hall–Kier alpha value is -1.27. The molecule has 1 aromatic carbocycles. The van der Waals surface area contributed by atoms with Crippen molar-refractivity contribution in [1.82, 2.24) is 0 Å². The van der Waals surface area contributed by atoms with E-state index in [1.807, 2.05) is 0 Å². The number of thiophene rings is 1. The van der Waals surface area contributed by atoms with E-state index in [4.69, 9.17) is 28.3 Å². The topological polar surface area (TPSA) is 69.6 Å². The van der Waals surface area contributed by atoms with Gasteiger partial charge in [0.05, 0.1) is 6.61 Å². The van der Waals surface area contributed by atoms with Crippen LogP contribution < -0.4 is 5.32 Å². The van der Waals surface area contributed by atoms with Gasteiger partial charge < -0.3 is 15.5 Å². The van der Waals surface area contributed by atoms with E-state index in [1.165, 1.54) is 11.3 Å². The quantitative estimate of drug-likeness (QED) is 0.779. The molecule has 0 fully saturated rings. The molecule has 1 aromatic heterocycles. The first-order valence-corrected chi connectivity index (χ1v) is 7.21. The standard InChI is InChI=1S/C13H11Cl2NO3S/c14-7-3-8(15)5-9(4-7)16-12(13(18)19)11-2-1-10(6-17)20-11/h1-5,12,16-17H,6H2,(H,18,19). The fraction of sp³-hybridized carbons (Fsp3) is 0.154. The molecule has 0 aliphatic carbocycles. The van der Waals surface area contributed by atoms with Gasteiger partial charge in [0, 0.05) is 25.5 Å². The maximum Gasteiger partial charge on any atom is 0.331 e. The molecule has 0 spiro atoms. The van der Waals surface area contributed by atoms with Crippen molar-refractivity contribution in [1.29, 1.82) is 0 Å². The maximum atomic E-state index is 11.4. The summed E-state index contributed by atoms with van der Waals surface area (Å²) in [6.07, 6.45) is 0. The van der Waals surface area contributed by atoms with Crippen molar-refractivity contribution in [2.75, 3.05) is 5.32 Å². The summed E-state index contributed by atoms with van der Waals surface area (Å²) < 4.78 is 0. The Balaban J connectivity index is 2.27. The molecule has 0 saturated carbocycles. The van der Waals surface area contributed by atoms with Crippen LogP contribution in [0.15, 0.2) is 30.3 Å². The van der Waals surface area contributed by atoms with E-state index in [2.05, 4.69) is 5.32 Å². The highest BCUT2D eigenvalue weighted by molar-refractivity contribution is 7.12. The highest BCUT2D eigenvalue weighted by Crippen LogP contribution is 2.29. The molecular weight excluding hydrogens is 321 g/mol. The number of hydrogen-bond donors (Lipinski definition) is 3. The zero-order valence-corrected chi connectivity index (χ0v) is 12.5. The van der Waals surface area contributed by atoms with Crippen molar-refractivity contribution in [2.45, 2.75) is 12.6 Å². The second-order valence-electron chi connectivity index (χ2n) is 4.04. The molecular formula is C13H11Cl2NO3S. The van der Waals surface area contributed by atoms with Crippen molar-refractivity contribution >= 4 is 46.2 Å². The summed E-state index contributed by atoms with van der Waals surface area (Å²) in [5.74, 6) is -1.02. The minimum atomic E-state index is -1.02. The summed E-state index contributed by atoms with van der Waals surface area (Å²) in [4.78, 5) is 12.7. The largest absolute Gasteiger partial charge is 0.479 e. The third kappa shape index (κ3) is 3.64. The summed E-state index contributed by atoms with van der Waals surface area (Å²) >= 11 is 13.0. The SMILES string of the molecule is O=C(O)C(Nc1cc(Cl)cc(Cl)c1)c1ccc(CO)s1. The fourth-order valence-electron chi connectivity index (χ4n) is 1.69. The average molecular weight is 332 g/mol. The minimum Gasteiger partial charge on any atom is -0.479 e. The van der Waals surface area contributed by atoms with Gasteiger partial charge >= 0.3 is 5.97 Å². The average Bonchev–Trinajstić information content (AvgIpc) is 2.82. The Morgan fingerprint density at radius 1 is 1.25 bits per heavy atom. The van der Waals surface area contributed by atoms with Crippen LogP contribution in [0.25, 0.3) is 0 Å². The molecule has 0 saturated heterocycles. The Morgan fingerprint density at radius 2 is 1.90 bits per heavy atom. The molecule has 0 amide bonds. The van der Waals surface area contributed by atoms with Crippen LogP contribution in [0.2, 0.25) is 10.0 Å². The number of halogens is 2. The Morgan fingerprint density at radius 3 is 2.40 bits per heavy atom. The molecule has 1 heterocycles. The molecule has 1 unspecified atom stereocenters. The number of aliphatic hydroxyl groups excluding tert-OH is 1. The Kier molecular flexibility index (Phi) is 4.88. The van der Waals surface area contributed by atoms with Gasteiger partial charge in [-0.1, -0.05) is 23.2 Å². The number of anilines is 1. The maximum absolute atomic E-state index is 11.4. The number of aliphatic hydroxyl groups is 1. The monoisotopic (exact) mass is 331 g/mol. The van der Waals surface area contributed by atoms with Crippen molar-refractivity contribution in [2.24, 2.45) is 0 Å². The molecule has 0 aliphatic rings. The lowest BCUT2D eigenvalue weighted by Gasteiger charge is -2.15. The highest BCUT2D eigenvalue weighted by atomic mass is 35.5. The first kappa shape index (κ1) is 15.1. The van der Waals surface area contributed by atoms with Crippen molar-refractivity contribution < 1.29 is 15.0 Å². The molecule has 3 N–H and O–H groups in total. The zero-order valence-electron chi connectivity index (χ0n) is 10.1. The molecule has 20 heavy (non-hydrogen) atoms. The molecule has 0 aliphatic heterocycles. The smallest absolute Gasteiger partial charge is 0.331 e. The van der Waals surface area contributed by atoms with Gasteiger partial charge in [0.25, 0.3) is 0 Å². The highest BCUT2D eigenvalue weighted by Gasteiger charge is 2.21. The van der Waals surface area contributed by atoms with E-state index in [0.29, 0.717) is 25.5 Å². The molecule has 2 rings (SSSR count). The number of carboxylic acids is 1. The lowest BCUT2D eigenvalue weighted by atomic mass is 10.2. The van der Waals surface area contributed by atoms with E-state index in [0.717, 1.165) is 0 Å². The summed E-state index contributed by atoms with van der Waals surface area (Å²) in [5.41, 5.74) is 0.522. The van der Waals surface area contributed by atoms with Crippen LogP contribution in [0.4, 0.5) is 5.69 Å². The van der Waals surface area contributed by atoms with E-state index in [9.17, 15) is 9.90 Å². The number of rotatable bonds is 5. The van der Waals surface area contributed by atoms with Gasteiger partial charge in [0.2, 0.25) is 0 Å². The second kappa shape index (κ2) is 6.45. The van der Waals surface area contributed by atoms with Gasteiger partial charge in [0.15, 0.2) is 6.04 Å². The fourth-order valence-corrected chi connectivity index (χ4v) is 3.14. The molecule has 2 aromatic rings. The van der Waals surface area contributed by atoms with Gasteiger partial charge in [-0.15, -0.1) is 11.3 Å². The molecule has 106 valence electrons. The van der Waals surface area contributed by atoms with Gasteiger partial charge in [-0.05, 0) is 30.3 Å². The number of nitrogens with one attached hydrogen (secondary N) is 1. The predicted octanol–water partition coefficient (Wildman–Crippen LogP) is 3.79. The summed E-state index contributed by atoms with van der Waals surface area (Å²) in [6, 6.07) is 7.22. The number of benzene rings is 1. The van der Waals surface area contributed by atoms with Crippen molar-refractivity contribution in [3.63, 3.8) is 0 Å². The van der Waals surface area contributed by atoms with Crippen LogP contribution in [0.1, 0.15) is 15.8 Å². The third-order valence-electron chi connectivity index (χ3n) is 2.54. The van der Waals surface area contributed by atoms with Crippen LogP contribution in [-0.2, 0) is 11.4 Å². The van der Waals surface area contributed by atoms with Gasteiger partial charge in [-0.2, -0.15) is 0 Å². The van der Waals surface area contributed by atoms with Crippen molar-refractivity contribution in [3.8, 4) is 0 Å². The summed E-state index contributed by atoms with van der Waals surface area (Å²) in [7, 11) is 0. The Labute approximate surface area is 129 Å². The lowest BCUT2D eigenvalue weighted by Crippen LogP contribution is -2.19. The van der Waals surface area contributed by atoms with E-state index < -0.39 is 12.0 Å². The van der Waals surface area contributed by atoms with Crippen LogP contribution in [0.3, 0.4) is 0 Å². The predicted molar refractivity (Wildman–Crippen MR) is 80.7 cm³/mol. The van der Waals surface area contributed by atoms with Crippen LogP contribution in [-0.4, -0.2) is 16.2 Å². The van der Waals surface area contributed by atoms with Gasteiger partial charge in [-0.25, -0.2) is 4.79 Å². The molecule has 0 radical (unpaired) electrons. The van der Waals surface area contributed by atoms with E-state index in [1.54, 1.807) is 30.3 Å². The normalized spacial score (nSPS) is 12.2. The van der Waals surface area contributed by atoms with E-state index in [-0.39, 0.29) is 6.61 Å². The number of carboxylic acid groups (broad SMARTS) is 1. The molecule has 4 nitrogen and oxygen atoms in total. The second-order valence-corrected chi connectivity index (χ2v) is 6.11. The van der Waals surface area contributed by atoms with Gasteiger partial charge in [0.1, 0.15) is 0 Å².